The third-order valence-corrected chi connectivity index (χ3v) is 10.0. The Morgan fingerprint density at radius 2 is 1.57 bits per heavy atom. The minimum atomic E-state index is -3.87. The Balaban J connectivity index is 1.90. The molecular formula is C31H42N2O5S2. The molecule has 7 nitrogen and oxygen atoms in total. The minimum Gasteiger partial charge on any atom is -0.493 e. The van der Waals surface area contributed by atoms with E-state index < -0.39 is 10.0 Å². The van der Waals surface area contributed by atoms with E-state index in [1.54, 1.807) is 30.5 Å². The second-order valence-corrected chi connectivity index (χ2v) is 13.4. The van der Waals surface area contributed by atoms with Crippen LogP contribution in [0.15, 0.2) is 47.4 Å². The van der Waals surface area contributed by atoms with Crippen LogP contribution < -0.4 is 9.47 Å². The van der Waals surface area contributed by atoms with Crippen LogP contribution in [0.2, 0.25) is 0 Å². The van der Waals surface area contributed by atoms with Gasteiger partial charge in [0.05, 0.1) is 32.2 Å². The first-order chi connectivity index (χ1) is 19.0. The summed E-state index contributed by atoms with van der Waals surface area (Å²) >= 11 is 1.64. The lowest BCUT2D eigenvalue weighted by molar-refractivity contribution is -0.132. The number of rotatable bonds is 14. The molecule has 0 fully saturated rings. The number of sulfonamides is 1. The highest BCUT2D eigenvalue weighted by atomic mass is 32.2. The van der Waals surface area contributed by atoms with Gasteiger partial charge in [0.2, 0.25) is 15.9 Å². The standard InChI is InChI=1S/C31H42N2O5S2/c1-8-9-15-33(40(35,36)31-23(3)17-22(2)18-24(31)4)21-30(34)32(20-27-12-10-25(5)39-27)16-14-26-11-13-28(37-6)29(19-26)38-7/h10-13,17-19H,8-9,14-16,20-21H2,1-7H3. The number of hydrogen-bond acceptors (Lipinski definition) is 6. The van der Waals surface area contributed by atoms with Crippen molar-refractivity contribution in [1.82, 2.24) is 9.21 Å². The van der Waals surface area contributed by atoms with Crippen molar-refractivity contribution >= 4 is 27.3 Å². The molecule has 0 N–H and O–H groups in total. The molecule has 0 aliphatic rings. The maximum atomic E-state index is 14.0. The lowest BCUT2D eigenvalue weighted by atomic mass is 10.1. The molecule has 0 saturated carbocycles. The van der Waals surface area contributed by atoms with Gasteiger partial charge in [-0.25, -0.2) is 8.42 Å². The van der Waals surface area contributed by atoms with Crippen LogP contribution in [0, 0.1) is 27.7 Å². The summed E-state index contributed by atoms with van der Waals surface area (Å²) in [6.07, 6.45) is 2.09. The number of carbonyl (C=O) groups is 1. The summed E-state index contributed by atoms with van der Waals surface area (Å²) in [6, 6.07) is 13.6. The number of benzene rings is 2. The summed E-state index contributed by atoms with van der Waals surface area (Å²) in [6.45, 7) is 10.6. The van der Waals surface area contributed by atoms with Crippen LogP contribution in [0.4, 0.5) is 0 Å². The molecule has 218 valence electrons. The van der Waals surface area contributed by atoms with E-state index in [0.29, 0.717) is 60.0 Å². The van der Waals surface area contributed by atoms with Gasteiger partial charge in [-0.1, -0.05) is 37.1 Å². The zero-order chi connectivity index (χ0) is 29.4. The van der Waals surface area contributed by atoms with Crippen LogP contribution in [0.5, 0.6) is 11.5 Å². The first kappa shape index (κ1) is 31.6. The van der Waals surface area contributed by atoms with Crippen LogP contribution >= 0.6 is 11.3 Å². The van der Waals surface area contributed by atoms with Crippen molar-refractivity contribution in [2.45, 2.75) is 65.3 Å². The van der Waals surface area contributed by atoms with Gasteiger partial charge in [-0.3, -0.25) is 4.79 Å². The van der Waals surface area contributed by atoms with Crippen molar-refractivity contribution in [2.75, 3.05) is 33.9 Å². The number of unbranched alkanes of at least 4 members (excludes halogenated alkanes) is 1. The predicted molar refractivity (Wildman–Crippen MR) is 162 cm³/mol. The third kappa shape index (κ3) is 7.86. The first-order valence-electron chi connectivity index (χ1n) is 13.6. The summed E-state index contributed by atoms with van der Waals surface area (Å²) < 4.78 is 40.1. The van der Waals surface area contributed by atoms with Crippen molar-refractivity contribution < 1.29 is 22.7 Å². The van der Waals surface area contributed by atoms with Gasteiger partial charge in [-0.05, 0) is 81.5 Å². The van der Waals surface area contributed by atoms with E-state index in [-0.39, 0.29) is 12.5 Å². The molecule has 0 bridgehead atoms. The Morgan fingerprint density at radius 3 is 2.15 bits per heavy atom. The second kappa shape index (κ2) is 14.1. The van der Waals surface area contributed by atoms with E-state index in [0.717, 1.165) is 22.4 Å². The Kier molecular flexibility index (Phi) is 11.2. The number of hydrogen-bond donors (Lipinski definition) is 0. The molecule has 0 aliphatic carbocycles. The summed E-state index contributed by atoms with van der Waals surface area (Å²) in [7, 11) is -0.682. The SMILES string of the molecule is CCCCN(CC(=O)N(CCc1ccc(OC)c(OC)c1)Cc1ccc(C)s1)S(=O)(=O)c1c(C)cc(C)cc1C. The topological polar surface area (TPSA) is 76.2 Å². The van der Waals surface area contributed by atoms with Gasteiger partial charge in [0.25, 0.3) is 0 Å². The molecule has 0 saturated heterocycles. The number of aryl methyl sites for hydroxylation is 4. The van der Waals surface area contributed by atoms with E-state index in [1.807, 2.05) is 77.1 Å². The van der Waals surface area contributed by atoms with Crippen LogP contribution in [0.1, 0.15) is 51.8 Å². The molecule has 0 unspecified atom stereocenters. The number of thiophene rings is 1. The molecule has 0 atom stereocenters. The fourth-order valence-electron chi connectivity index (χ4n) is 4.92. The molecule has 1 aromatic heterocycles. The van der Waals surface area contributed by atoms with E-state index in [1.165, 1.54) is 9.18 Å². The Morgan fingerprint density at radius 1 is 0.900 bits per heavy atom. The van der Waals surface area contributed by atoms with Gasteiger partial charge in [0, 0.05) is 22.8 Å². The number of ether oxygens (including phenoxy) is 2. The van der Waals surface area contributed by atoms with Crippen molar-refractivity contribution in [1.29, 1.82) is 0 Å². The molecule has 3 aromatic rings. The lowest BCUT2D eigenvalue weighted by Crippen LogP contribution is -2.44. The minimum absolute atomic E-state index is 0.203. The van der Waals surface area contributed by atoms with E-state index in [9.17, 15) is 13.2 Å². The Bertz CT molecular complexity index is 1390. The molecular weight excluding hydrogens is 544 g/mol. The Labute approximate surface area is 243 Å². The zero-order valence-electron chi connectivity index (χ0n) is 24.7. The van der Waals surface area contributed by atoms with Crippen LogP contribution in [0.25, 0.3) is 0 Å². The van der Waals surface area contributed by atoms with E-state index in [2.05, 4.69) is 0 Å². The molecule has 1 heterocycles. The fraction of sp³-hybridized carbons (Fsp3) is 0.452. The highest BCUT2D eigenvalue weighted by Crippen LogP contribution is 2.29. The summed E-state index contributed by atoms with van der Waals surface area (Å²) in [5, 5.41) is 0. The van der Waals surface area contributed by atoms with Gasteiger partial charge >= 0.3 is 0 Å². The smallest absolute Gasteiger partial charge is 0.244 e. The molecule has 3 rings (SSSR count). The van der Waals surface area contributed by atoms with E-state index in [4.69, 9.17) is 9.47 Å². The summed E-state index contributed by atoms with van der Waals surface area (Å²) in [4.78, 5) is 18.2. The second-order valence-electron chi connectivity index (χ2n) is 10.2. The fourth-order valence-corrected chi connectivity index (χ4v) is 7.67. The number of carbonyl (C=O) groups excluding carboxylic acids is 1. The monoisotopic (exact) mass is 586 g/mol. The average molecular weight is 587 g/mol. The van der Waals surface area contributed by atoms with Gasteiger partial charge in [-0.2, -0.15) is 4.31 Å². The van der Waals surface area contributed by atoms with Crippen molar-refractivity contribution in [3.05, 3.63) is 74.5 Å². The maximum absolute atomic E-state index is 14.0. The van der Waals surface area contributed by atoms with Crippen molar-refractivity contribution in [3.8, 4) is 11.5 Å². The Hall–Kier alpha value is -2.88. The molecule has 1 amide bonds. The summed E-state index contributed by atoms with van der Waals surface area (Å²) in [5.41, 5.74) is 3.41. The molecule has 0 aliphatic heterocycles. The van der Waals surface area contributed by atoms with Gasteiger partial charge in [-0.15, -0.1) is 11.3 Å². The number of amides is 1. The molecule has 0 spiro atoms. The van der Waals surface area contributed by atoms with Crippen molar-refractivity contribution in [2.24, 2.45) is 0 Å². The normalized spacial score (nSPS) is 11.6. The van der Waals surface area contributed by atoms with Gasteiger partial charge in [0.1, 0.15) is 0 Å². The highest BCUT2D eigenvalue weighted by molar-refractivity contribution is 7.89. The molecule has 0 radical (unpaired) electrons. The number of methoxy groups -OCH3 is 2. The zero-order valence-corrected chi connectivity index (χ0v) is 26.4. The van der Waals surface area contributed by atoms with Crippen LogP contribution in [0.3, 0.4) is 0 Å². The van der Waals surface area contributed by atoms with Gasteiger partial charge in [0.15, 0.2) is 11.5 Å². The predicted octanol–water partition coefficient (Wildman–Crippen LogP) is 6.06. The highest BCUT2D eigenvalue weighted by Gasteiger charge is 2.31. The van der Waals surface area contributed by atoms with Crippen molar-refractivity contribution in [3.63, 3.8) is 0 Å². The average Bonchev–Trinajstić information content (AvgIpc) is 3.31. The maximum Gasteiger partial charge on any atom is 0.244 e. The van der Waals surface area contributed by atoms with Crippen LogP contribution in [-0.4, -0.2) is 57.4 Å². The quantitative estimate of drug-likeness (QED) is 0.230. The molecule has 9 heteroatoms. The lowest BCUT2D eigenvalue weighted by Gasteiger charge is -2.28. The van der Waals surface area contributed by atoms with Crippen LogP contribution in [-0.2, 0) is 27.8 Å². The van der Waals surface area contributed by atoms with E-state index >= 15 is 0 Å². The first-order valence-corrected chi connectivity index (χ1v) is 15.9. The third-order valence-electron chi connectivity index (χ3n) is 6.89. The number of nitrogens with zero attached hydrogens (tertiary/aromatic N) is 2. The molecule has 40 heavy (non-hydrogen) atoms. The van der Waals surface area contributed by atoms with Gasteiger partial charge < -0.3 is 14.4 Å². The molecule has 2 aromatic carbocycles. The summed E-state index contributed by atoms with van der Waals surface area (Å²) in [5.74, 6) is 1.06. The largest absolute Gasteiger partial charge is 0.493 e.